The zero-order chi connectivity index (χ0) is 10.8. The topological polar surface area (TPSA) is 17.1 Å². The minimum atomic E-state index is 0.386. The van der Waals surface area contributed by atoms with E-state index in [0.717, 1.165) is 25.2 Å². The average Bonchev–Trinajstić information content (AvgIpc) is 2.12. The van der Waals surface area contributed by atoms with Crippen molar-refractivity contribution >= 4 is 5.78 Å². The number of hydrogen-bond donors (Lipinski definition) is 0. The molecule has 0 saturated heterocycles. The summed E-state index contributed by atoms with van der Waals surface area (Å²) in [5.41, 5.74) is 0.386. The smallest absolute Gasteiger partial charge is 0.133 e. The molecule has 0 bridgehead atoms. The van der Waals surface area contributed by atoms with Gasteiger partial charge in [-0.05, 0) is 30.1 Å². The molecule has 2 unspecified atom stereocenters. The second kappa shape index (κ2) is 4.46. The van der Waals surface area contributed by atoms with Crippen molar-refractivity contribution in [2.24, 2.45) is 17.3 Å². The molecule has 0 N–H and O–H groups in total. The minimum Gasteiger partial charge on any atom is -0.300 e. The van der Waals surface area contributed by atoms with Gasteiger partial charge in [-0.15, -0.1) is 0 Å². The number of rotatable bonds is 3. The van der Waals surface area contributed by atoms with Crippen LogP contribution in [0.2, 0.25) is 0 Å². The van der Waals surface area contributed by atoms with E-state index in [2.05, 4.69) is 27.7 Å². The van der Waals surface area contributed by atoms with E-state index in [4.69, 9.17) is 0 Å². The number of hydrogen-bond acceptors (Lipinski definition) is 1. The van der Waals surface area contributed by atoms with Gasteiger partial charge in [-0.25, -0.2) is 0 Å². The maximum Gasteiger partial charge on any atom is 0.133 e. The highest BCUT2D eigenvalue weighted by Gasteiger charge is 2.35. The first-order valence-corrected chi connectivity index (χ1v) is 5.97. The van der Waals surface area contributed by atoms with Crippen LogP contribution in [0.15, 0.2) is 0 Å². The van der Waals surface area contributed by atoms with E-state index < -0.39 is 0 Å². The molecule has 1 nitrogen and oxygen atoms in total. The summed E-state index contributed by atoms with van der Waals surface area (Å²) in [6.07, 6.45) is 5.20. The van der Waals surface area contributed by atoms with Crippen LogP contribution in [0.25, 0.3) is 0 Å². The third kappa shape index (κ3) is 2.83. The molecule has 1 rings (SSSR count). The van der Waals surface area contributed by atoms with Gasteiger partial charge >= 0.3 is 0 Å². The molecular weight excluding hydrogens is 172 g/mol. The number of Topliss-reactive ketones (excluding diaryl/α,β-unsaturated/α-hetero) is 1. The van der Waals surface area contributed by atoms with Crippen molar-refractivity contribution in [2.45, 2.75) is 59.8 Å². The second-order valence-corrected chi connectivity index (χ2v) is 5.68. The Labute approximate surface area is 88.3 Å². The van der Waals surface area contributed by atoms with Gasteiger partial charge in [0.25, 0.3) is 0 Å². The molecule has 1 heteroatoms. The third-order valence-electron chi connectivity index (χ3n) is 4.01. The predicted octanol–water partition coefficient (Wildman–Crippen LogP) is 3.82. The Hall–Kier alpha value is -0.330. The Morgan fingerprint density at radius 3 is 2.71 bits per heavy atom. The molecule has 1 aliphatic carbocycles. The Balaban J connectivity index is 2.58. The van der Waals surface area contributed by atoms with Crippen molar-refractivity contribution < 1.29 is 4.79 Å². The van der Waals surface area contributed by atoms with Crippen LogP contribution in [0.5, 0.6) is 0 Å². The lowest BCUT2D eigenvalue weighted by Crippen LogP contribution is -2.33. The predicted molar refractivity (Wildman–Crippen MR) is 60.2 cm³/mol. The van der Waals surface area contributed by atoms with Crippen molar-refractivity contribution in [1.82, 2.24) is 0 Å². The summed E-state index contributed by atoms with van der Waals surface area (Å²) in [6.45, 7) is 9.19. The van der Waals surface area contributed by atoms with E-state index in [-0.39, 0.29) is 0 Å². The van der Waals surface area contributed by atoms with Crippen LogP contribution in [0.1, 0.15) is 59.8 Å². The molecule has 0 aromatic carbocycles. The van der Waals surface area contributed by atoms with Crippen LogP contribution >= 0.6 is 0 Å². The number of ketones is 1. The standard InChI is InChI=1S/C13H24O/c1-5-10(2)8-11-9-12(14)6-7-13(11,3)4/h10-11H,5-9H2,1-4H3. The van der Waals surface area contributed by atoms with E-state index in [1.807, 2.05) is 0 Å². The molecule has 1 saturated carbocycles. The van der Waals surface area contributed by atoms with Crippen molar-refractivity contribution in [3.8, 4) is 0 Å². The van der Waals surface area contributed by atoms with E-state index in [1.54, 1.807) is 0 Å². The van der Waals surface area contributed by atoms with Crippen LogP contribution in [0.3, 0.4) is 0 Å². The van der Waals surface area contributed by atoms with Crippen LogP contribution in [-0.2, 0) is 4.79 Å². The molecule has 0 heterocycles. The molecule has 1 aliphatic rings. The highest BCUT2D eigenvalue weighted by atomic mass is 16.1. The number of carbonyl (C=O) groups is 1. The summed E-state index contributed by atoms with van der Waals surface area (Å²) < 4.78 is 0. The monoisotopic (exact) mass is 196 g/mol. The van der Waals surface area contributed by atoms with E-state index in [9.17, 15) is 4.79 Å². The van der Waals surface area contributed by atoms with E-state index in [1.165, 1.54) is 12.8 Å². The van der Waals surface area contributed by atoms with Gasteiger partial charge in [-0.1, -0.05) is 34.1 Å². The highest BCUT2D eigenvalue weighted by molar-refractivity contribution is 5.79. The summed E-state index contributed by atoms with van der Waals surface area (Å²) in [6, 6.07) is 0. The first kappa shape index (κ1) is 11.7. The fourth-order valence-corrected chi connectivity index (χ4v) is 2.37. The zero-order valence-corrected chi connectivity index (χ0v) is 10.1. The van der Waals surface area contributed by atoms with Gasteiger partial charge in [0.1, 0.15) is 5.78 Å². The van der Waals surface area contributed by atoms with Gasteiger partial charge in [0.15, 0.2) is 0 Å². The normalized spacial score (nSPS) is 28.9. The van der Waals surface area contributed by atoms with Crippen LogP contribution in [0.4, 0.5) is 0 Å². The molecule has 0 aromatic rings. The second-order valence-electron chi connectivity index (χ2n) is 5.68. The molecule has 14 heavy (non-hydrogen) atoms. The Bertz CT molecular complexity index is 205. The lowest BCUT2D eigenvalue weighted by Gasteiger charge is -2.39. The van der Waals surface area contributed by atoms with Gasteiger partial charge in [0, 0.05) is 12.8 Å². The molecule has 0 amide bonds. The largest absolute Gasteiger partial charge is 0.300 e. The summed E-state index contributed by atoms with van der Waals surface area (Å²) in [5, 5.41) is 0. The first-order valence-electron chi connectivity index (χ1n) is 5.97. The molecule has 1 fully saturated rings. The molecule has 2 atom stereocenters. The quantitative estimate of drug-likeness (QED) is 0.670. The van der Waals surface area contributed by atoms with Gasteiger partial charge in [-0.3, -0.25) is 4.79 Å². The van der Waals surface area contributed by atoms with Gasteiger partial charge in [-0.2, -0.15) is 0 Å². The first-order chi connectivity index (χ1) is 6.45. The Kier molecular flexibility index (Phi) is 3.74. The third-order valence-corrected chi connectivity index (χ3v) is 4.01. The van der Waals surface area contributed by atoms with Gasteiger partial charge in [0.05, 0.1) is 0 Å². The fraction of sp³-hybridized carbons (Fsp3) is 0.923. The summed E-state index contributed by atoms with van der Waals surface area (Å²) >= 11 is 0. The van der Waals surface area contributed by atoms with E-state index in [0.29, 0.717) is 17.1 Å². The fourth-order valence-electron chi connectivity index (χ4n) is 2.37. The Morgan fingerprint density at radius 1 is 1.50 bits per heavy atom. The lowest BCUT2D eigenvalue weighted by molar-refractivity contribution is -0.124. The Morgan fingerprint density at radius 2 is 2.14 bits per heavy atom. The lowest BCUT2D eigenvalue weighted by atomic mass is 9.65. The molecule has 0 aromatic heterocycles. The van der Waals surface area contributed by atoms with Crippen molar-refractivity contribution in [3.05, 3.63) is 0 Å². The SMILES string of the molecule is CCC(C)CC1CC(=O)CCC1(C)C. The van der Waals surface area contributed by atoms with Crippen molar-refractivity contribution in [1.29, 1.82) is 0 Å². The van der Waals surface area contributed by atoms with Gasteiger partial charge in [0.2, 0.25) is 0 Å². The maximum absolute atomic E-state index is 11.4. The molecular formula is C13H24O. The number of carbonyl (C=O) groups excluding carboxylic acids is 1. The van der Waals surface area contributed by atoms with Crippen LogP contribution in [-0.4, -0.2) is 5.78 Å². The van der Waals surface area contributed by atoms with Gasteiger partial charge < -0.3 is 0 Å². The maximum atomic E-state index is 11.4. The van der Waals surface area contributed by atoms with Crippen molar-refractivity contribution in [3.63, 3.8) is 0 Å². The molecule has 0 radical (unpaired) electrons. The molecule has 0 spiro atoms. The molecule has 0 aliphatic heterocycles. The summed E-state index contributed by atoms with van der Waals surface area (Å²) in [7, 11) is 0. The molecule has 82 valence electrons. The highest BCUT2D eigenvalue weighted by Crippen LogP contribution is 2.42. The summed E-state index contributed by atoms with van der Waals surface area (Å²) in [4.78, 5) is 11.4. The zero-order valence-electron chi connectivity index (χ0n) is 10.1. The average molecular weight is 196 g/mol. The van der Waals surface area contributed by atoms with Crippen molar-refractivity contribution in [2.75, 3.05) is 0 Å². The minimum absolute atomic E-state index is 0.386. The summed E-state index contributed by atoms with van der Waals surface area (Å²) in [5.74, 6) is 1.88. The van der Waals surface area contributed by atoms with E-state index >= 15 is 0 Å². The van der Waals surface area contributed by atoms with Crippen LogP contribution < -0.4 is 0 Å². The van der Waals surface area contributed by atoms with Crippen LogP contribution in [0, 0.1) is 17.3 Å².